The fourth-order valence-corrected chi connectivity index (χ4v) is 3.67. The third-order valence-corrected chi connectivity index (χ3v) is 4.72. The first-order valence-corrected chi connectivity index (χ1v) is 6.98. The molecule has 0 fully saturated rings. The highest BCUT2D eigenvalue weighted by Gasteiger charge is 2.02. The van der Waals surface area contributed by atoms with Gasteiger partial charge in [-0.1, -0.05) is 39.8 Å². The van der Waals surface area contributed by atoms with Crippen LogP contribution >= 0.6 is 39.0 Å². The van der Waals surface area contributed by atoms with E-state index in [0.717, 1.165) is 10.0 Å². The molecule has 0 unspecified atom stereocenters. The molecule has 1 aromatic carbocycles. The molecule has 15 heavy (non-hydrogen) atoms. The van der Waals surface area contributed by atoms with Crippen LogP contribution in [0.5, 0.6) is 0 Å². The first-order valence-electron chi connectivity index (χ1n) is 4.49. The number of halogens is 1. The van der Waals surface area contributed by atoms with Gasteiger partial charge in [0.15, 0.2) is 0 Å². The molecule has 4 heteroatoms. The molecular formula is C11H10BrNS2. The molecule has 0 saturated carbocycles. The quantitative estimate of drug-likeness (QED) is 0.922. The van der Waals surface area contributed by atoms with Gasteiger partial charge in [0, 0.05) is 15.9 Å². The van der Waals surface area contributed by atoms with E-state index in [1.54, 1.807) is 23.1 Å². The number of hydrogen-bond acceptors (Lipinski definition) is 3. The van der Waals surface area contributed by atoms with E-state index in [4.69, 9.17) is 5.73 Å². The highest BCUT2D eigenvalue weighted by Crippen LogP contribution is 2.33. The van der Waals surface area contributed by atoms with Crippen LogP contribution in [-0.4, -0.2) is 0 Å². The Kier molecular flexibility index (Phi) is 3.86. The Balaban J connectivity index is 2.20. The summed E-state index contributed by atoms with van der Waals surface area (Å²) in [5, 5.41) is 2.09. The first kappa shape index (κ1) is 11.2. The van der Waals surface area contributed by atoms with Crippen molar-refractivity contribution >= 4 is 39.0 Å². The zero-order valence-corrected chi connectivity index (χ0v) is 11.2. The van der Waals surface area contributed by atoms with Crippen LogP contribution < -0.4 is 5.73 Å². The molecule has 2 rings (SSSR count). The Morgan fingerprint density at radius 1 is 1.33 bits per heavy atom. The topological polar surface area (TPSA) is 26.0 Å². The lowest BCUT2D eigenvalue weighted by molar-refractivity contribution is 1.05. The molecule has 1 nitrogen and oxygen atoms in total. The van der Waals surface area contributed by atoms with E-state index in [-0.39, 0.29) is 0 Å². The van der Waals surface area contributed by atoms with Gasteiger partial charge in [-0.2, -0.15) is 0 Å². The Bertz CT molecular complexity index is 440. The van der Waals surface area contributed by atoms with Gasteiger partial charge in [0.2, 0.25) is 0 Å². The van der Waals surface area contributed by atoms with Crippen molar-refractivity contribution in [3.8, 4) is 0 Å². The second-order valence-corrected chi connectivity index (χ2v) is 6.17. The van der Waals surface area contributed by atoms with Gasteiger partial charge in [0.1, 0.15) is 0 Å². The second-order valence-electron chi connectivity index (χ2n) is 2.99. The third kappa shape index (κ3) is 2.84. The van der Waals surface area contributed by atoms with Gasteiger partial charge in [-0.05, 0) is 29.1 Å². The zero-order chi connectivity index (χ0) is 10.7. The van der Waals surface area contributed by atoms with Crippen molar-refractivity contribution in [1.29, 1.82) is 0 Å². The number of thiophene rings is 1. The molecule has 0 atom stereocenters. The Morgan fingerprint density at radius 2 is 2.20 bits per heavy atom. The lowest BCUT2D eigenvalue weighted by atomic mass is 10.2. The number of hydrogen-bond donors (Lipinski definition) is 1. The van der Waals surface area contributed by atoms with Crippen molar-refractivity contribution in [2.75, 3.05) is 0 Å². The maximum atomic E-state index is 5.60. The summed E-state index contributed by atoms with van der Waals surface area (Å²) >= 11 is 7.05. The highest BCUT2D eigenvalue weighted by atomic mass is 79.9. The van der Waals surface area contributed by atoms with Crippen LogP contribution in [-0.2, 0) is 6.54 Å². The molecular weight excluding hydrogens is 290 g/mol. The molecule has 2 aromatic rings. The summed E-state index contributed by atoms with van der Waals surface area (Å²) in [5.41, 5.74) is 6.75. The summed E-state index contributed by atoms with van der Waals surface area (Å²) in [6, 6.07) is 10.5. The van der Waals surface area contributed by atoms with Crippen molar-refractivity contribution in [3.05, 3.63) is 45.7 Å². The summed E-state index contributed by atoms with van der Waals surface area (Å²) in [6.07, 6.45) is 0. The summed E-state index contributed by atoms with van der Waals surface area (Å²) in [7, 11) is 0. The Labute approximate surface area is 106 Å². The molecule has 0 aliphatic heterocycles. The monoisotopic (exact) mass is 299 g/mol. The second kappa shape index (κ2) is 5.16. The fraction of sp³-hybridized carbons (Fsp3) is 0.0909. The maximum absolute atomic E-state index is 5.60. The zero-order valence-electron chi connectivity index (χ0n) is 7.94. The van der Waals surface area contributed by atoms with Crippen molar-refractivity contribution in [3.63, 3.8) is 0 Å². The minimum atomic E-state index is 0.574. The van der Waals surface area contributed by atoms with Crippen LogP contribution in [0, 0.1) is 0 Å². The van der Waals surface area contributed by atoms with Gasteiger partial charge < -0.3 is 5.73 Å². The average molecular weight is 300 g/mol. The van der Waals surface area contributed by atoms with E-state index in [0.29, 0.717) is 6.54 Å². The van der Waals surface area contributed by atoms with Gasteiger partial charge >= 0.3 is 0 Å². The summed E-state index contributed by atoms with van der Waals surface area (Å²) in [5.74, 6) is 0. The third-order valence-electron chi connectivity index (χ3n) is 1.96. The average Bonchev–Trinajstić information content (AvgIpc) is 2.71. The SMILES string of the molecule is NCc1ccc(Sc2cccs2)cc1Br. The van der Waals surface area contributed by atoms with E-state index in [9.17, 15) is 0 Å². The van der Waals surface area contributed by atoms with E-state index >= 15 is 0 Å². The molecule has 0 bridgehead atoms. The van der Waals surface area contributed by atoms with E-state index < -0.39 is 0 Å². The van der Waals surface area contributed by atoms with Crippen molar-refractivity contribution < 1.29 is 0 Å². The van der Waals surface area contributed by atoms with E-state index in [2.05, 4.69) is 51.6 Å². The predicted molar refractivity (Wildman–Crippen MR) is 70.5 cm³/mol. The molecule has 0 aliphatic rings. The predicted octanol–water partition coefficient (Wildman–Crippen LogP) is 4.12. The van der Waals surface area contributed by atoms with Gasteiger partial charge in [0.05, 0.1) is 4.21 Å². The van der Waals surface area contributed by atoms with Crippen LogP contribution in [0.1, 0.15) is 5.56 Å². The van der Waals surface area contributed by atoms with Gasteiger partial charge in [0.25, 0.3) is 0 Å². The lowest BCUT2D eigenvalue weighted by Gasteiger charge is -2.04. The Morgan fingerprint density at radius 3 is 2.80 bits per heavy atom. The summed E-state index contributed by atoms with van der Waals surface area (Å²) in [6.45, 7) is 0.574. The van der Waals surface area contributed by atoms with Crippen LogP contribution in [0.25, 0.3) is 0 Å². The van der Waals surface area contributed by atoms with Crippen molar-refractivity contribution in [1.82, 2.24) is 0 Å². The van der Waals surface area contributed by atoms with Crippen LogP contribution in [0.15, 0.2) is 49.3 Å². The lowest BCUT2D eigenvalue weighted by Crippen LogP contribution is -1.96. The van der Waals surface area contributed by atoms with Gasteiger partial charge in [-0.3, -0.25) is 0 Å². The molecule has 0 spiro atoms. The smallest absolute Gasteiger partial charge is 0.0646 e. The molecule has 1 aromatic heterocycles. The number of rotatable bonds is 3. The largest absolute Gasteiger partial charge is 0.326 e. The first-order chi connectivity index (χ1) is 7.29. The molecule has 78 valence electrons. The van der Waals surface area contributed by atoms with Crippen molar-refractivity contribution in [2.45, 2.75) is 15.6 Å². The summed E-state index contributed by atoms with van der Waals surface area (Å²) in [4.78, 5) is 1.24. The van der Waals surface area contributed by atoms with Crippen LogP contribution in [0.2, 0.25) is 0 Å². The van der Waals surface area contributed by atoms with Gasteiger partial charge in [-0.25, -0.2) is 0 Å². The van der Waals surface area contributed by atoms with E-state index in [1.165, 1.54) is 9.10 Å². The Hall–Kier alpha value is -0.290. The highest BCUT2D eigenvalue weighted by molar-refractivity contribution is 9.10. The summed E-state index contributed by atoms with van der Waals surface area (Å²) < 4.78 is 2.40. The van der Waals surface area contributed by atoms with Gasteiger partial charge in [-0.15, -0.1) is 11.3 Å². The molecule has 2 N–H and O–H groups in total. The minimum Gasteiger partial charge on any atom is -0.326 e. The fourth-order valence-electron chi connectivity index (χ4n) is 1.19. The van der Waals surface area contributed by atoms with Crippen LogP contribution in [0.4, 0.5) is 0 Å². The van der Waals surface area contributed by atoms with Crippen LogP contribution in [0.3, 0.4) is 0 Å². The molecule has 0 amide bonds. The standard InChI is InChI=1S/C11H10BrNS2/c12-10-6-9(4-3-8(10)7-13)15-11-2-1-5-14-11/h1-6H,7,13H2. The molecule has 0 saturated heterocycles. The normalized spacial score (nSPS) is 10.5. The molecule has 1 heterocycles. The van der Waals surface area contributed by atoms with E-state index in [1.807, 2.05) is 0 Å². The molecule has 0 aliphatic carbocycles. The minimum absolute atomic E-state index is 0.574. The maximum Gasteiger partial charge on any atom is 0.0646 e. The number of nitrogens with two attached hydrogens (primary N) is 1. The number of benzene rings is 1. The molecule has 0 radical (unpaired) electrons. The van der Waals surface area contributed by atoms with Crippen molar-refractivity contribution in [2.24, 2.45) is 5.73 Å².